The Bertz CT molecular complexity index is 681. The van der Waals surface area contributed by atoms with Gasteiger partial charge in [0, 0.05) is 35.5 Å². The lowest BCUT2D eigenvalue weighted by atomic mass is 9.84. The van der Waals surface area contributed by atoms with Gasteiger partial charge in [-0.1, -0.05) is 29.8 Å². The minimum Gasteiger partial charge on any atom is -0.457 e. The number of likely N-dealkylation sites (tertiary alicyclic amines) is 1. The van der Waals surface area contributed by atoms with Crippen LogP contribution in [0.1, 0.15) is 23.0 Å². The number of hydrogen-bond acceptors (Lipinski definition) is 2. The van der Waals surface area contributed by atoms with Gasteiger partial charge in [0.15, 0.2) is 0 Å². The lowest BCUT2D eigenvalue weighted by Gasteiger charge is -2.17. The highest BCUT2D eigenvalue weighted by atomic mass is 35.5. The highest BCUT2D eigenvalue weighted by Gasteiger charge is 2.38. The van der Waals surface area contributed by atoms with Gasteiger partial charge in [0.05, 0.1) is 0 Å². The molecule has 23 heavy (non-hydrogen) atoms. The fourth-order valence-electron chi connectivity index (χ4n) is 3.53. The minimum absolute atomic E-state index is 0. The minimum atomic E-state index is 0. The van der Waals surface area contributed by atoms with Gasteiger partial charge >= 0.3 is 0 Å². The molecule has 0 amide bonds. The van der Waals surface area contributed by atoms with E-state index in [1.54, 1.807) is 0 Å². The molecule has 0 saturated carbocycles. The molecule has 0 unspecified atom stereocenters. The summed E-state index contributed by atoms with van der Waals surface area (Å²) >= 11 is 6.20. The Hall–Kier alpha value is -0.970. The molecule has 2 aromatic rings. The van der Waals surface area contributed by atoms with Crippen LogP contribution in [0, 0.1) is 0 Å². The van der Waals surface area contributed by atoms with E-state index in [4.69, 9.17) is 16.3 Å². The summed E-state index contributed by atoms with van der Waals surface area (Å²) in [4.78, 5) is 2.39. The maximum atomic E-state index is 6.20. The normalized spacial score (nSPS) is 21.1. The van der Waals surface area contributed by atoms with Crippen molar-refractivity contribution in [2.45, 2.75) is 11.8 Å². The van der Waals surface area contributed by atoms with E-state index in [1.165, 1.54) is 11.1 Å². The molecular formula is C17H20Cl3NO2. The largest absolute Gasteiger partial charge is 0.457 e. The van der Waals surface area contributed by atoms with Gasteiger partial charge in [-0.3, -0.25) is 0 Å². The van der Waals surface area contributed by atoms with Gasteiger partial charge in [0.1, 0.15) is 11.5 Å². The molecule has 4 rings (SSSR count). The molecule has 6 heteroatoms. The lowest BCUT2D eigenvalue weighted by molar-refractivity contribution is 0.401. The lowest BCUT2D eigenvalue weighted by Crippen LogP contribution is -2.14. The summed E-state index contributed by atoms with van der Waals surface area (Å²) in [5, 5.41) is 0.784. The molecule has 3 nitrogen and oxygen atoms in total. The number of rotatable bonds is 0. The number of hydrogen-bond donors (Lipinski definition) is 0. The number of ether oxygens (including phenoxy) is 1. The molecule has 0 aliphatic carbocycles. The summed E-state index contributed by atoms with van der Waals surface area (Å²) in [6.45, 7) is 2.12. The average molecular weight is 377 g/mol. The average Bonchev–Trinajstić information content (AvgIpc) is 2.78. The van der Waals surface area contributed by atoms with Gasteiger partial charge in [-0.15, -0.1) is 24.8 Å². The highest BCUT2D eigenvalue weighted by Crippen LogP contribution is 2.49. The molecular weight excluding hydrogens is 357 g/mol. The van der Waals surface area contributed by atoms with Crippen LogP contribution in [-0.4, -0.2) is 30.5 Å². The van der Waals surface area contributed by atoms with Gasteiger partial charge in [-0.2, -0.15) is 0 Å². The SMILES string of the molecule is CN1C[C@H]2c3ccccc3Oc3ccc(Cl)cc3[C@@H]2C1.Cl.Cl.O. The standard InChI is InChI=1S/C17H16ClNO.2ClH.H2O/c1-19-9-14-12-4-2-3-5-16(12)20-17-7-6-11(18)8-13(17)15(14)10-19;;;/h2-8,14-15H,9-10H2,1H3;2*1H;1H2/t14-,15-;;;/m0.../s1. The van der Waals surface area contributed by atoms with Crippen LogP contribution in [0.5, 0.6) is 11.5 Å². The topological polar surface area (TPSA) is 44.0 Å². The van der Waals surface area contributed by atoms with Crippen molar-refractivity contribution in [3.63, 3.8) is 0 Å². The van der Waals surface area contributed by atoms with E-state index in [9.17, 15) is 0 Å². The first kappa shape index (κ1) is 20.1. The predicted octanol–water partition coefficient (Wildman–Crippen LogP) is 4.28. The Kier molecular flexibility index (Phi) is 6.75. The van der Waals surface area contributed by atoms with Crippen LogP contribution >= 0.6 is 36.4 Å². The second-order valence-corrected chi connectivity index (χ2v) is 6.19. The molecule has 2 aliphatic heterocycles. The molecule has 126 valence electrons. The van der Waals surface area contributed by atoms with Gasteiger partial charge < -0.3 is 15.1 Å². The van der Waals surface area contributed by atoms with E-state index >= 15 is 0 Å². The van der Waals surface area contributed by atoms with Crippen LogP contribution in [0.2, 0.25) is 5.02 Å². The van der Waals surface area contributed by atoms with Gasteiger partial charge in [0.2, 0.25) is 0 Å². The Morgan fingerprint density at radius 1 is 0.957 bits per heavy atom. The van der Waals surface area contributed by atoms with Crippen molar-refractivity contribution in [3.8, 4) is 11.5 Å². The number of para-hydroxylation sites is 1. The Labute approximate surface area is 153 Å². The third kappa shape index (κ3) is 3.44. The third-order valence-corrected chi connectivity index (χ3v) is 4.65. The molecule has 1 fully saturated rings. The molecule has 0 radical (unpaired) electrons. The molecule has 0 bridgehead atoms. The van der Waals surface area contributed by atoms with Gasteiger partial charge in [-0.05, 0) is 36.9 Å². The first-order valence-corrected chi connectivity index (χ1v) is 7.35. The maximum Gasteiger partial charge on any atom is 0.131 e. The zero-order valence-electron chi connectivity index (χ0n) is 12.7. The van der Waals surface area contributed by atoms with Crippen LogP contribution in [0.4, 0.5) is 0 Å². The van der Waals surface area contributed by atoms with Crippen LogP contribution in [0.15, 0.2) is 42.5 Å². The number of nitrogens with zero attached hydrogens (tertiary/aromatic N) is 1. The van der Waals surface area contributed by atoms with Crippen LogP contribution < -0.4 is 4.74 Å². The van der Waals surface area contributed by atoms with Crippen molar-refractivity contribution in [1.82, 2.24) is 4.90 Å². The van der Waals surface area contributed by atoms with Crippen LogP contribution in [0.25, 0.3) is 0 Å². The predicted molar refractivity (Wildman–Crippen MR) is 99.1 cm³/mol. The summed E-state index contributed by atoms with van der Waals surface area (Å²) < 4.78 is 6.15. The molecule has 0 aromatic heterocycles. The smallest absolute Gasteiger partial charge is 0.131 e. The second-order valence-electron chi connectivity index (χ2n) is 5.76. The Balaban J connectivity index is 0.000000882. The van der Waals surface area contributed by atoms with Crippen LogP contribution in [-0.2, 0) is 0 Å². The van der Waals surface area contributed by atoms with E-state index in [-0.39, 0.29) is 30.3 Å². The third-order valence-electron chi connectivity index (χ3n) is 4.41. The van der Waals surface area contributed by atoms with Crippen molar-refractivity contribution < 1.29 is 10.2 Å². The number of halogens is 3. The number of fused-ring (bicyclic) bond motifs is 5. The van der Waals surface area contributed by atoms with Crippen molar-refractivity contribution >= 4 is 36.4 Å². The monoisotopic (exact) mass is 375 g/mol. The van der Waals surface area contributed by atoms with Crippen molar-refractivity contribution in [3.05, 3.63) is 58.6 Å². The summed E-state index contributed by atoms with van der Waals surface area (Å²) in [5.41, 5.74) is 2.55. The van der Waals surface area contributed by atoms with Gasteiger partial charge in [-0.25, -0.2) is 0 Å². The molecule has 2 aromatic carbocycles. The van der Waals surface area contributed by atoms with E-state index in [0.717, 1.165) is 29.6 Å². The first-order chi connectivity index (χ1) is 9.72. The molecule has 1 saturated heterocycles. The van der Waals surface area contributed by atoms with Crippen molar-refractivity contribution in [2.75, 3.05) is 20.1 Å². The molecule has 2 heterocycles. The molecule has 0 spiro atoms. The maximum absolute atomic E-state index is 6.20. The van der Waals surface area contributed by atoms with E-state index < -0.39 is 0 Å². The van der Waals surface area contributed by atoms with Gasteiger partial charge in [0.25, 0.3) is 0 Å². The second kappa shape index (κ2) is 7.73. The van der Waals surface area contributed by atoms with Crippen molar-refractivity contribution in [1.29, 1.82) is 0 Å². The number of likely N-dealkylation sites (N-methyl/N-ethyl adjacent to an activating group) is 1. The van der Waals surface area contributed by atoms with E-state index in [0.29, 0.717) is 11.8 Å². The van der Waals surface area contributed by atoms with Crippen molar-refractivity contribution in [2.24, 2.45) is 0 Å². The fourth-order valence-corrected chi connectivity index (χ4v) is 3.71. The Morgan fingerprint density at radius 3 is 2.30 bits per heavy atom. The summed E-state index contributed by atoms with van der Waals surface area (Å²) in [6.07, 6.45) is 0. The van der Waals surface area contributed by atoms with E-state index in [1.807, 2.05) is 18.2 Å². The zero-order chi connectivity index (χ0) is 13.7. The Morgan fingerprint density at radius 2 is 1.57 bits per heavy atom. The zero-order valence-corrected chi connectivity index (χ0v) is 15.0. The fraction of sp³-hybridized carbons (Fsp3) is 0.294. The number of benzene rings is 2. The molecule has 2 aliphatic rings. The quantitative estimate of drug-likeness (QED) is 0.689. The van der Waals surface area contributed by atoms with Crippen LogP contribution in [0.3, 0.4) is 0 Å². The molecule has 2 atom stereocenters. The highest BCUT2D eigenvalue weighted by molar-refractivity contribution is 6.30. The first-order valence-electron chi connectivity index (χ1n) is 6.97. The van der Waals surface area contributed by atoms with E-state index in [2.05, 4.69) is 36.2 Å². The summed E-state index contributed by atoms with van der Waals surface area (Å²) in [6, 6.07) is 14.4. The summed E-state index contributed by atoms with van der Waals surface area (Å²) in [5.74, 6) is 2.87. The molecule has 2 N–H and O–H groups in total. The summed E-state index contributed by atoms with van der Waals surface area (Å²) in [7, 11) is 2.18.